The number of benzene rings is 1. The molecule has 0 spiro atoms. The highest BCUT2D eigenvalue weighted by Crippen LogP contribution is 2.31. The summed E-state index contributed by atoms with van der Waals surface area (Å²) in [6.45, 7) is 6.77. The van der Waals surface area contributed by atoms with Crippen LogP contribution in [0.2, 0.25) is 0 Å². The van der Waals surface area contributed by atoms with Gasteiger partial charge < -0.3 is 10.6 Å². The van der Waals surface area contributed by atoms with E-state index in [0.717, 1.165) is 21.1 Å². The maximum atomic E-state index is 11.8. The van der Waals surface area contributed by atoms with Crippen molar-refractivity contribution in [3.05, 3.63) is 40.4 Å². The predicted octanol–water partition coefficient (Wildman–Crippen LogP) is 3.21. The first kappa shape index (κ1) is 16.6. The van der Waals surface area contributed by atoms with E-state index in [-0.39, 0.29) is 11.9 Å². The van der Waals surface area contributed by atoms with Gasteiger partial charge in [0.15, 0.2) is 0 Å². The molecule has 2 aromatic rings. The van der Waals surface area contributed by atoms with Gasteiger partial charge in [-0.15, -0.1) is 11.3 Å². The Kier molecular flexibility index (Phi) is 5.69. The zero-order valence-electron chi connectivity index (χ0n) is 13.6. The minimum absolute atomic E-state index is 0.0129. The van der Waals surface area contributed by atoms with Crippen LogP contribution >= 0.6 is 11.3 Å². The average molecular weight is 317 g/mol. The smallest absolute Gasteiger partial charge is 0.221 e. The third-order valence-electron chi connectivity index (χ3n) is 3.50. The molecule has 1 unspecified atom stereocenters. The van der Waals surface area contributed by atoms with Crippen LogP contribution in [0.4, 0.5) is 0 Å². The molecule has 0 radical (unpaired) electrons. The molecule has 118 valence electrons. The van der Waals surface area contributed by atoms with E-state index in [1.807, 2.05) is 20.9 Å². The number of hydrogen-bond donors (Lipinski definition) is 2. The number of nitrogens with zero attached hydrogens (tertiary/aromatic N) is 1. The lowest BCUT2D eigenvalue weighted by atomic mass is 10.2. The van der Waals surface area contributed by atoms with Crippen LogP contribution < -0.4 is 10.6 Å². The Morgan fingerprint density at radius 3 is 2.59 bits per heavy atom. The van der Waals surface area contributed by atoms with Gasteiger partial charge in [-0.05, 0) is 27.8 Å². The molecule has 22 heavy (non-hydrogen) atoms. The van der Waals surface area contributed by atoms with Crippen molar-refractivity contribution in [2.75, 3.05) is 13.6 Å². The molecule has 0 aliphatic rings. The summed E-state index contributed by atoms with van der Waals surface area (Å²) in [5, 5.41) is 7.02. The van der Waals surface area contributed by atoms with Crippen molar-refractivity contribution in [1.29, 1.82) is 0 Å². The van der Waals surface area contributed by atoms with Crippen LogP contribution in [-0.4, -0.2) is 24.5 Å². The van der Waals surface area contributed by atoms with Crippen molar-refractivity contribution in [2.45, 2.75) is 33.2 Å². The molecular weight excluding hydrogens is 294 g/mol. The Morgan fingerprint density at radius 2 is 1.95 bits per heavy atom. The Morgan fingerprint density at radius 1 is 1.27 bits per heavy atom. The number of carbonyl (C=O) groups is 1. The van der Waals surface area contributed by atoms with Gasteiger partial charge in [0.2, 0.25) is 5.91 Å². The number of aromatic nitrogens is 1. The minimum atomic E-state index is -0.0129. The first-order valence-corrected chi connectivity index (χ1v) is 8.31. The van der Waals surface area contributed by atoms with Gasteiger partial charge in [-0.3, -0.25) is 4.79 Å². The van der Waals surface area contributed by atoms with Gasteiger partial charge in [-0.25, -0.2) is 4.98 Å². The molecule has 0 fully saturated rings. The molecule has 1 atom stereocenters. The number of thiazole rings is 1. The Hall–Kier alpha value is -1.72. The zero-order valence-corrected chi connectivity index (χ0v) is 14.4. The Bertz CT molecular complexity index is 634. The second-order valence-corrected chi connectivity index (χ2v) is 6.51. The molecule has 1 amide bonds. The molecule has 1 aromatic heterocycles. The number of nitrogens with one attached hydrogen (secondary N) is 2. The molecule has 0 saturated heterocycles. The molecule has 1 aromatic carbocycles. The monoisotopic (exact) mass is 317 g/mol. The highest BCUT2D eigenvalue weighted by atomic mass is 32.1. The summed E-state index contributed by atoms with van der Waals surface area (Å²) in [6.07, 6.45) is 0.490. The van der Waals surface area contributed by atoms with E-state index in [2.05, 4.69) is 46.8 Å². The van der Waals surface area contributed by atoms with Crippen LogP contribution in [0.5, 0.6) is 0 Å². The first-order valence-electron chi connectivity index (χ1n) is 7.49. The van der Waals surface area contributed by atoms with Crippen LogP contribution in [0.1, 0.15) is 35.5 Å². The van der Waals surface area contributed by atoms with Gasteiger partial charge in [0.25, 0.3) is 0 Å². The second-order valence-electron chi connectivity index (χ2n) is 5.48. The Balaban J connectivity index is 2.12. The third kappa shape index (κ3) is 4.15. The SMILES string of the molecule is CNCCC(=O)NC(C)c1sc(-c2ccc(C)cc2)nc1C. The molecule has 0 aliphatic heterocycles. The maximum absolute atomic E-state index is 11.8. The normalized spacial score (nSPS) is 12.2. The van der Waals surface area contributed by atoms with Crippen LogP contribution in [0, 0.1) is 13.8 Å². The highest BCUT2D eigenvalue weighted by Gasteiger charge is 2.17. The van der Waals surface area contributed by atoms with Gasteiger partial charge in [0, 0.05) is 18.5 Å². The molecule has 4 nitrogen and oxygen atoms in total. The summed E-state index contributed by atoms with van der Waals surface area (Å²) < 4.78 is 0. The van der Waals surface area contributed by atoms with Crippen LogP contribution in [0.25, 0.3) is 10.6 Å². The number of hydrogen-bond acceptors (Lipinski definition) is 4. The minimum Gasteiger partial charge on any atom is -0.349 e. The third-order valence-corrected chi connectivity index (χ3v) is 4.89. The summed E-state index contributed by atoms with van der Waals surface area (Å²) in [6, 6.07) is 8.35. The van der Waals surface area contributed by atoms with E-state index in [4.69, 9.17) is 0 Å². The lowest BCUT2D eigenvalue weighted by molar-refractivity contribution is -0.121. The molecule has 5 heteroatoms. The summed E-state index contributed by atoms with van der Waals surface area (Å²) in [4.78, 5) is 17.6. The zero-order chi connectivity index (χ0) is 16.1. The molecule has 2 rings (SSSR count). The lowest BCUT2D eigenvalue weighted by Gasteiger charge is -2.12. The summed E-state index contributed by atoms with van der Waals surface area (Å²) in [5.41, 5.74) is 3.35. The van der Waals surface area contributed by atoms with E-state index in [1.54, 1.807) is 11.3 Å². The Labute approximate surface area is 136 Å². The van der Waals surface area contributed by atoms with E-state index in [1.165, 1.54) is 5.56 Å². The van der Waals surface area contributed by atoms with Crippen LogP contribution in [-0.2, 0) is 4.79 Å². The van der Waals surface area contributed by atoms with Crippen LogP contribution in [0.3, 0.4) is 0 Å². The van der Waals surface area contributed by atoms with Crippen molar-refractivity contribution >= 4 is 17.2 Å². The number of rotatable bonds is 6. The standard InChI is InChI=1S/C17H23N3OS/c1-11-5-7-14(8-6-11)17-20-13(3)16(22-17)12(2)19-15(21)9-10-18-4/h5-8,12,18H,9-10H2,1-4H3,(H,19,21). The quantitative estimate of drug-likeness (QED) is 0.860. The van der Waals surface area contributed by atoms with Crippen LogP contribution in [0.15, 0.2) is 24.3 Å². The number of aryl methyl sites for hydroxylation is 2. The van der Waals surface area contributed by atoms with Gasteiger partial charge >= 0.3 is 0 Å². The van der Waals surface area contributed by atoms with Gasteiger partial charge in [-0.1, -0.05) is 29.8 Å². The van der Waals surface area contributed by atoms with Crippen molar-refractivity contribution < 1.29 is 4.79 Å². The summed E-state index contributed by atoms with van der Waals surface area (Å²) in [7, 11) is 1.85. The fourth-order valence-electron chi connectivity index (χ4n) is 2.25. The van der Waals surface area contributed by atoms with Crippen molar-refractivity contribution in [3.63, 3.8) is 0 Å². The summed E-state index contributed by atoms with van der Waals surface area (Å²) >= 11 is 1.65. The first-order chi connectivity index (χ1) is 10.5. The molecule has 1 heterocycles. The number of amides is 1. The number of carbonyl (C=O) groups excluding carboxylic acids is 1. The molecule has 2 N–H and O–H groups in total. The fraction of sp³-hybridized carbons (Fsp3) is 0.412. The lowest BCUT2D eigenvalue weighted by Crippen LogP contribution is -2.28. The maximum Gasteiger partial charge on any atom is 0.221 e. The predicted molar refractivity (Wildman–Crippen MR) is 92.1 cm³/mol. The molecule has 0 aliphatic carbocycles. The van der Waals surface area contributed by atoms with Gasteiger partial charge in [0.1, 0.15) is 5.01 Å². The van der Waals surface area contributed by atoms with E-state index < -0.39 is 0 Å². The van der Waals surface area contributed by atoms with E-state index in [9.17, 15) is 4.79 Å². The highest BCUT2D eigenvalue weighted by molar-refractivity contribution is 7.15. The van der Waals surface area contributed by atoms with Crippen molar-refractivity contribution in [1.82, 2.24) is 15.6 Å². The largest absolute Gasteiger partial charge is 0.349 e. The molecular formula is C17H23N3OS. The van der Waals surface area contributed by atoms with Gasteiger partial charge in [0.05, 0.1) is 16.6 Å². The summed E-state index contributed by atoms with van der Waals surface area (Å²) in [5.74, 6) is 0.0616. The van der Waals surface area contributed by atoms with E-state index in [0.29, 0.717) is 13.0 Å². The molecule has 0 bridgehead atoms. The second kappa shape index (κ2) is 7.51. The topological polar surface area (TPSA) is 54.0 Å². The van der Waals surface area contributed by atoms with Gasteiger partial charge in [-0.2, -0.15) is 0 Å². The van der Waals surface area contributed by atoms with Crippen molar-refractivity contribution in [3.8, 4) is 10.6 Å². The average Bonchev–Trinajstić information content (AvgIpc) is 2.88. The van der Waals surface area contributed by atoms with E-state index >= 15 is 0 Å². The fourth-order valence-corrected chi connectivity index (χ4v) is 3.32. The van der Waals surface area contributed by atoms with Crippen molar-refractivity contribution in [2.24, 2.45) is 0 Å². The molecule has 0 saturated carbocycles.